The summed E-state index contributed by atoms with van der Waals surface area (Å²) in [6.07, 6.45) is 0.727. The first-order valence-electron chi connectivity index (χ1n) is 3.88. The molecule has 0 aliphatic rings. The number of carbonyl (C=O) groups excluding carboxylic acids is 1. The van der Waals surface area contributed by atoms with Gasteiger partial charge < -0.3 is 16.2 Å². The summed E-state index contributed by atoms with van der Waals surface area (Å²) < 4.78 is 0. The Labute approximate surface area is 81.1 Å². The number of hydrogen-bond donors (Lipinski definition) is 3. The molecule has 0 radical (unpaired) electrons. The first-order chi connectivity index (χ1) is 6.04. The van der Waals surface area contributed by atoms with E-state index in [-0.39, 0.29) is 5.91 Å². The first-order valence-corrected chi connectivity index (χ1v) is 4.93. The predicted octanol–water partition coefficient (Wildman–Crippen LogP) is -0.385. The van der Waals surface area contributed by atoms with Gasteiger partial charge in [0.1, 0.15) is 5.37 Å². The molecule has 76 valence electrons. The zero-order valence-corrected chi connectivity index (χ0v) is 8.26. The van der Waals surface area contributed by atoms with Crippen molar-refractivity contribution in [2.45, 2.75) is 18.7 Å². The van der Waals surface area contributed by atoms with Gasteiger partial charge in [-0.3, -0.25) is 4.79 Å². The molecule has 0 bridgehead atoms. The highest BCUT2D eigenvalue weighted by Crippen LogP contribution is 2.06. The van der Waals surface area contributed by atoms with Gasteiger partial charge in [-0.25, -0.2) is 4.79 Å². The van der Waals surface area contributed by atoms with E-state index < -0.39 is 11.3 Å². The first kappa shape index (κ1) is 12.2. The van der Waals surface area contributed by atoms with Crippen LogP contribution in [0.15, 0.2) is 0 Å². The molecule has 0 aliphatic carbocycles. The third kappa shape index (κ3) is 7.61. The summed E-state index contributed by atoms with van der Waals surface area (Å²) in [6, 6.07) is 0. The maximum Gasteiger partial charge on any atom is 0.330 e. The molecule has 1 atom stereocenters. The van der Waals surface area contributed by atoms with E-state index in [1.165, 1.54) is 6.92 Å². The van der Waals surface area contributed by atoms with E-state index in [4.69, 9.17) is 10.8 Å². The molecule has 4 N–H and O–H groups in total. The normalized spacial score (nSPS) is 12.2. The standard InChI is InChI=1S/C7H14N2O3S/c1-5(10)9-3-2-4-13-6(8)7(11)12/h6H,2-4,8H2,1H3,(H,9,10)(H,11,12)/t6-/m0/s1. The number of carboxylic acids is 1. The summed E-state index contributed by atoms with van der Waals surface area (Å²) in [5, 5.41) is 10.2. The van der Waals surface area contributed by atoms with Crippen molar-refractivity contribution in [1.29, 1.82) is 0 Å². The molecule has 13 heavy (non-hydrogen) atoms. The average Bonchev–Trinajstić information content (AvgIpc) is 2.02. The van der Waals surface area contributed by atoms with Crippen LogP contribution in [0.4, 0.5) is 0 Å². The minimum absolute atomic E-state index is 0.0764. The number of nitrogens with two attached hydrogens (primary N) is 1. The molecule has 0 fully saturated rings. The number of aliphatic carboxylic acids is 1. The predicted molar refractivity (Wildman–Crippen MR) is 51.4 cm³/mol. The molecule has 0 saturated heterocycles. The van der Waals surface area contributed by atoms with Crippen molar-refractivity contribution in [3.8, 4) is 0 Å². The van der Waals surface area contributed by atoms with Crippen LogP contribution in [-0.4, -0.2) is 34.7 Å². The molecular weight excluding hydrogens is 192 g/mol. The van der Waals surface area contributed by atoms with Crippen molar-refractivity contribution in [2.75, 3.05) is 12.3 Å². The van der Waals surface area contributed by atoms with Crippen LogP contribution in [0.1, 0.15) is 13.3 Å². The van der Waals surface area contributed by atoms with Gasteiger partial charge >= 0.3 is 5.97 Å². The summed E-state index contributed by atoms with van der Waals surface area (Å²) in [4.78, 5) is 20.7. The molecule has 0 saturated carbocycles. The number of rotatable bonds is 6. The average molecular weight is 206 g/mol. The van der Waals surface area contributed by atoms with Crippen molar-refractivity contribution < 1.29 is 14.7 Å². The molecule has 0 aromatic heterocycles. The Morgan fingerprint density at radius 3 is 2.69 bits per heavy atom. The van der Waals surface area contributed by atoms with Crippen LogP contribution in [0.3, 0.4) is 0 Å². The van der Waals surface area contributed by atoms with Crippen LogP contribution in [0, 0.1) is 0 Å². The zero-order valence-electron chi connectivity index (χ0n) is 7.45. The van der Waals surface area contributed by atoms with Crippen molar-refractivity contribution in [1.82, 2.24) is 5.32 Å². The van der Waals surface area contributed by atoms with Crippen LogP contribution in [0.2, 0.25) is 0 Å². The summed E-state index contributed by atoms with van der Waals surface area (Å²) in [7, 11) is 0. The summed E-state index contributed by atoms with van der Waals surface area (Å²) in [5.74, 6) is -0.453. The van der Waals surface area contributed by atoms with Crippen molar-refractivity contribution in [3.63, 3.8) is 0 Å². The number of thioether (sulfide) groups is 1. The fraction of sp³-hybridized carbons (Fsp3) is 0.714. The topological polar surface area (TPSA) is 92.4 Å². The lowest BCUT2D eigenvalue weighted by Crippen LogP contribution is -2.27. The molecule has 0 unspecified atom stereocenters. The number of nitrogens with one attached hydrogen (secondary N) is 1. The maximum absolute atomic E-state index is 10.4. The molecule has 6 heteroatoms. The third-order valence-corrected chi connectivity index (χ3v) is 2.32. The minimum atomic E-state index is -1.01. The maximum atomic E-state index is 10.4. The van der Waals surface area contributed by atoms with E-state index in [2.05, 4.69) is 5.32 Å². The van der Waals surface area contributed by atoms with Gasteiger partial charge in [-0.2, -0.15) is 0 Å². The van der Waals surface area contributed by atoms with Crippen LogP contribution in [0.5, 0.6) is 0 Å². The van der Waals surface area contributed by atoms with Gasteiger partial charge in [0.15, 0.2) is 0 Å². The second kappa shape index (κ2) is 6.73. The number of carbonyl (C=O) groups is 2. The zero-order chi connectivity index (χ0) is 10.3. The van der Waals surface area contributed by atoms with Crippen LogP contribution in [-0.2, 0) is 9.59 Å². The van der Waals surface area contributed by atoms with Gasteiger partial charge in [0.05, 0.1) is 0 Å². The molecule has 1 amide bonds. The third-order valence-electron chi connectivity index (χ3n) is 1.24. The van der Waals surface area contributed by atoms with Gasteiger partial charge in [-0.15, -0.1) is 11.8 Å². The molecule has 0 aromatic carbocycles. The summed E-state index contributed by atoms with van der Waals surface area (Å²) >= 11 is 1.16. The summed E-state index contributed by atoms with van der Waals surface area (Å²) in [6.45, 7) is 2.00. The molecule has 0 heterocycles. The largest absolute Gasteiger partial charge is 0.479 e. The van der Waals surface area contributed by atoms with Crippen molar-refractivity contribution in [2.24, 2.45) is 5.73 Å². The van der Waals surface area contributed by atoms with Crippen molar-refractivity contribution >= 4 is 23.6 Å². The highest BCUT2D eigenvalue weighted by Gasteiger charge is 2.10. The Kier molecular flexibility index (Phi) is 6.34. The molecular formula is C7H14N2O3S. The van der Waals surface area contributed by atoms with Gasteiger partial charge in [0.2, 0.25) is 5.91 Å². The molecule has 0 rings (SSSR count). The lowest BCUT2D eigenvalue weighted by molar-refractivity contribution is -0.136. The molecule has 0 aromatic rings. The SMILES string of the molecule is CC(=O)NCCCS[C@H](N)C(=O)O. The Morgan fingerprint density at radius 2 is 2.23 bits per heavy atom. The lowest BCUT2D eigenvalue weighted by Gasteiger charge is -2.05. The monoisotopic (exact) mass is 206 g/mol. The fourth-order valence-electron chi connectivity index (χ4n) is 0.618. The highest BCUT2D eigenvalue weighted by atomic mass is 32.2. The van der Waals surface area contributed by atoms with Crippen molar-refractivity contribution in [3.05, 3.63) is 0 Å². The van der Waals surface area contributed by atoms with Gasteiger partial charge in [0.25, 0.3) is 0 Å². The molecule has 5 nitrogen and oxygen atoms in total. The second-order valence-electron chi connectivity index (χ2n) is 2.47. The molecule has 0 spiro atoms. The van der Waals surface area contributed by atoms with Crippen LogP contribution in [0.25, 0.3) is 0 Å². The number of amides is 1. The quantitative estimate of drug-likeness (QED) is 0.407. The van der Waals surface area contributed by atoms with Gasteiger partial charge in [0, 0.05) is 13.5 Å². The van der Waals surface area contributed by atoms with E-state index >= 15 is 0 Å². The fourth-order valence-corrected chi connectivity index (χ4v) is 1.33. The highest BCUT2D eigenvalue weighted by molar-refractivity contribution is 8.00. The Morgan fingerprint density at radius 1 is 1.62 bits per heavy atom. The minimum Gasteiger partial charge on any atom is -0.479 e. The number of carboxylic acid groups (broad SMARTS) is 1. The van der Waals surface area contributed by atoms with E-state index in [0.29, 0.717) is 12.3 Å². The lowest BCUT2D eigenvalue weighted by atomic mass is 10.5. The van der Waals surface area contributed by atoms with E-state index in [1.807, 2.05) is 0 Å². The van der Waals surface area contributed by atoms with Gasteiger partial charge in [-0.1, -0.05) is 0 Å². The Hall–Kier alpha value is -0.750. The summed E-state index contributed by atoms with van der Waals surface area (Å²) in [5.41, 5.74) is 5.23. The van der Waals surface area contributed by atoms with Crippen LogP contribution < -0.4 is 11.1 Å². The van der Waals surface area contributed by atoms with E-state index in [1.54, 1.807) is 0 Å². The Balaban J connectivity index is 3.26. The number of hydrogen-bond acceptors (Lipinski definition) is 4. The van der Waals surface area contributed by atoms with Crippen LogP contribution >= 0.6 is 11.8 Å². The van der Waals surface area contributed by atoms with E-state index in [0.717, 1.165) is 18.2 Å². The van der Waals surface area contributed by atoms with Gasteiger partial charge in [-0.05, 0) is 12.2 Å². The molecule has 0 aliphatic heterocycles. The second-order valence-corrected chi connectivity index (χ2v) is 3.72. The smallest absolute Gasteiger partial charge is 0.330 e. The Bertz CT molecular complexity index is 187. The van der Waals surface area contributed by atoms with E-state index in [9.17, 15) is 9.59 Å².